The van der Waals surface area contributed by atoms with Gasteiger partial charge in [0.1, 0.15) is 0 Å². The Balaban J connectivity index is 1.90. The van der Waals surface area contributed by atoms with Crippen LogP contribution in [0.25, 0.3) is 10.8 Å². The molecule has 0 heterocycles. The van der Waals surface area contributed by atoms with Gasteiger partial charge >= 0.3 is 0 Å². The zero-order valence-corrected chi connectivity index (χ0v) is 11.8. The van der Waals surface area contributed by atoms with Gasteiger partial charge in [-0.25, -0.2) is 0 Å². The molecule has 3 aromatic rings. The van der Waals surface area contributed by atoms with E-state index in [0.717, 1.165) is 11.4 Å². The van der Waals surface area contributed by atoms with Crippen LogP contribution >= 0.6 is 0 Å². The van der Waals surface area contributed by atoms with E-state index >= 15 is 0 Å². The first-order valence-corrected chi connectivity index (χ1v) is 6.81. The van der Waals surface area contributed by atoms with E-state index in [1.54, 1.807) is 0 Å². The number of hydrogen-bond acceptors (Lipinski definition) is 2. The largest absolute Gasteiger partial charge is 0.301 e. The van der Waals surface area contributed by atoms with Gasteiger partial charge in [0, 0.05) is 5.39 Å². The molecule has 0 saturated carbocycles. The molecule has 0 bridgehead atoms. The van der Waals surface area contributed by atoms with Crippen molar-refractivity contribution < 1.29 is 0 Å². The molecule has 0 aliphatic rings. The maximum absolute atomic E-state index is 3.31. The zero-order chi connectivity index (χ0) is 13.9. The molecule has 0 radical (unpaired) electrons. The third-order valence-electron chi connectivity index (χ3n) is 3.50. The van der Waals surface area contributed by atoms with E-state index in [2.05, 4.69) is 79.3 Å². The van der Waals surface area contributed by atoms with Gasteiger partial charge in [-0.05, 0) is 48.6 Å². The third-order valence-corrected chi connectivity index (χ3v) is 3.50. The Labute approximate surface area is 119 Å². The molecule has 0 aromatic heterocycles. The van der Waals surface area contributed by atoms with Crippen LogP contribution in [0.3, 0.4) is 0 Å². The summed E-state index contributed by atoms with van der Waals surface area (Å²) in [6.07, 6.45) is 0. The topological polar surface area (TPSA) is 24.1 Å². The van der Waals surface area contributed by atoms with Crippen molar-refractivity contribution in [2.75, 3.05) is 10.9 Å². The molecule has 2 nitrogen and oxygen atoms in total. The van der Waals surface area contributed by atoms with Crippen molar-refractivity contribution in [3.63, 3.8) is 0 Å². The highest BCUT2D eigenvalue weighted by Crippen LogP contribution is 2.26. The lowest BCUT2D eigenvalue weighted by molar-refractivity contribution is 1.39. The molecule has 20 heavy (non-hydrogen) atoms. The van der Waals surface area contributed by atoms with Crippen molar-refractivity contribution in [3.8, 4) is 0 Å². The van der Waals surface area contributed by atoms with Gasteiger partial charge in [0.15, 0.2) is 0 Å². The molecule has 3 rings (SSSR count). The van der Waals surface area contributed by atoms with E-state index < -0.39 is 0 Å². The number of anilines is 2. The molecule has 100 valence electrons. The maximum Gasteiger partial charge on any atom is 0.0618 e. The van der Waals surface area contributed by atoms with Crippen LogP contribution < -0.4 is 10.9 Å². The summed E-state index contributed by atoms with van der Waals surface area (Å²) < 4.78 is 0. The van der Waals surface area contributed by atoms with E-state index in [1.165, 1.54) is 21.9 Å². The van der Waals surface area contributed by atoms with Crippen LogP contribution in [-0.4, -0.2) is 0 Å². The Hall–Kier alpha value is -2.48. The molecule has 0 spiro atoms. The fourth-order valence-electron chi connectivity index (χ4n) is 2.42. The molecule has 2 heteroatoms. The van der Waals surface area contributed by atoms with Crippen LogP contribution in [0, 0.1) is 13.8 Å². The van der Waals surface area contributed by atoms with Crippen LogP contribution in [0.4, 0.5) is 11.4 Å². The molecule has 0 fully saturated rings. The number of benzene rings is 3. The predicted octanol–water partition coefficient (Wildman–Crippen LogP) is 4.90. The van der Waals surface area contributed by atoms with Crippen molar-refractivity contribution in [2.24, 2.45) is 0 Å². The van der Waals surface area contributed by atoms with E-state index in [0.29, 0.717) is 0 Å². The number of nitrogens with one attached hydrogen (secondary N) is 2. The molecule has 2 N–H and O–H groups in total. The van der Waals surface area contributed by atoms with Gasteiger partial charge in [0.05, 0.1) is 11.4 Å². The Morgan fingerprint density at radius 2 is 1.50 bits per heavy atom. The summed E-state index contributed by atoms with van der Waals surface area (Å²) in [5.74, 6) is 0. The quantitative estimate of drug-likeness (QED) is 0.656. The lowest BCUT2D eigenvalue weighted by Crippen LogP contribution is -2.09. The van der Waals surface area contributed by atoms with Crippen molar-refractivity contribution in [3.05, 3.63) is 71.8 Å². The highest BCUT2D eigenvalue weighted by Gasteiger charge is 2.02. The third kappa shape index (κ3) is 2.45. The summed E-state index contributed by atoms with van der Waals surface area (Å²) in [6.45, 7) is 4.23. The first kappa shape index (κ1) is 12.5. The van der Waals surface area contributed by atoms with Gasteiger partial charge in [-0.1, -0.05) is 42.5 Å². The maximum atomic E-state index is 3.31. The summed E-state index contributed by atoms with van der Waals surface area (Å²) in [6, 6.07) is 21.0. The molecular formula is C18H18N2. The predicted molar refractivity (Wildman–Crippen MR) is 87.1 cm³/mol. The van der Waals surface area contributed by atoms with Gasteiger partial charge in [-0.3, -0.25) is 0 Å². The number of hydrazine groups is 1. The fourth-order valence-corrected chi connectivity index (χ4v) is 2.42. The first-order valence-electron chi connectivity index (χ1n) is 6.81. The van der Waals surface area contributed by atoms with E-state index in [1.807, 2.05) is 6.07 Å². The van der Waals surface area contributed by atoms with E-state index in [9.17, 15) is 0 Å². The molecule has 0 saturated heterocycles. The molecular weight excluding hydrogens is 244 g/mol. The van der Waals surface area contributed by atoms with Gasteiger partial charge < -0.3 is 10.9 Å². The fraction of sp³-hybridized carbons (Fsp3) is 0.111. The van der Waals surface area contributed by atoms with Gasteiger partial charge in [0.2, 0.25) is 0 Å². The highest BCUT2D eigenvalue weighted by atomic mass is 15.4. The first-order chi connectivity index (χ1) is 9.74. The van der Waals surface area contributed by atoms with Crippen molar-refractivity contribution in [1.29, 1.82) is 0 Å². The minimum absolute atomic E-state index is 1.06. The van der Waals surface area contributed by atoms with Gasteiger partial charge in [0.25, 0.3) is 0 Å². The van der Waals surface area contributed by atoms with Crippen LogP contribution in [0.1, 0.15) is 11.1 Å². The molecule has 0 aliphatic heterocycles. The lowest BCUT2D eigenvalue weighted by Gasteiger charge is -2.13. The second-order valence-corrected chi connectivity index (χ2v) is 5.10. The van der Waals surface area contributed by atoms with Crippen LogP contribution in [0.2, 0.25) is 0 Å². The second-order valence-electron chi connectivity index (χ2n) is 5.10. The highest BCUT2D eigenvalue weighted by molar-refractivity contribution is 5.96. The number of aryl methyl sites for hydroxylation is 2. The monoisotopic (exact) mass is 262 g/mol. The van der Waals surface area contributed by atoms with Gasteiger partial charge in [-0.15, -0.1) is 0 Å². The van der Waals surface area contributed by atoms with Crippen molar-refractivity contribution in [2.45, 2.75) is 13.8 Å². The Bertz CT molecular complexity index is 747. The number of rotatable bonds is 3. The minimum atomic E-state index is 1.06. The number of hydrogen-bond donors (Lipinski definition) is 2. The van der Waals surface area contributed by atoms with E-state index in [-0.39, 0.29) is 0 Å². The molecule has 0 aliphatic carbocycles. The average Bonchev–Trinajstić information content (AvgIpc) is 2.47. The van der Waals surface area contributed by atoms with Crippen LogP contribution in [0.5, 0.6) is 0 Å². The summed E-state index contributed by atoms with van der Waals surface area (Å²) in [5, 5.41) is 2.51. The minimum Gasteiger partial charge on any atom is -0.301 e. The molecule has 0 atom stereocenters. The smallest absolute Gasteiger partial charge is 0.0618 e. The Morgan fingerprint density at radius 1 is 0.700 bits per heavy atom. The molecule has 3 aromatic carbocycles. The lowest BCUT2D eigenvalue weighted by atomic mass is 10.0. The Kier molecular flexibility index (Phi) is 3.30. The van der Waals surface area contributed by atoms with Crippen molar-refractivity contribution in [1.82, 2.24) is 0 Å². The van der Waals surface area contributed by atoms with Crippen molar-refractivity contribution >= 4 is 22.1 Å². The standard InChI is InChI=1S/C18H18N2/c1-13-6-5-7-15(12-13)19-20-18-11-10-14(2)16-8-3-4-9-17(16)18/h3-12,19-20H,1-2H3. The summed E-state index contributed by atoms with van der Waals surface area (Å²) in [4.78, 5) is 0. The van der Waals surface area contributed by atoms with Crippen LogP contribution in [-0.2, 0) is 0 Å². The zero-order valence-electron chi connectivity index (χ0n) is 11.8. The molecule has 0 amide bonds. The summed E-state index contributed by atoms with van der Waals surface area (Å²) in [5.41, 5.74) is 11.3. The van der Waals surface area contributed by atoms with Gasteiger partial charge in [-0.2, -0.15) is 0 Å². The summed E-state index contributed by atoms with van der Waals surface area (Å²) in [7, 11) is 0. The summed E-state index contributed by atoms with van der Waals surface area (Å²) >= 11 is 0. The normalized spacial score (nSPS) is 10.5. The second kappa shape index (κ2) is 5.25. The Morgan fingerprint density at radius 3 is 2.30 bits per heavy atom. The molecule has 0 unspecified atom stereocenters. The SMILES string of the molecule is Cc1cccc(NNc2ccc(C)c3ccccc23)c1. The number of fused-ring (bicyclic) bond motifs is 1. The average molecular weight is 262 g/mol. The van der Waals surface area contributed by atoms with E-state index in [4.69, 9.17) is 0 Å². The van der Waals surface area contributed by atoms with Crippen LogP contribution in [0.15, 0.2) is 60.7 Å².